The van der Waals surface area contributed by atoms with Crippen molar-refractivity contribution >= 4 is 10.0 Å². The molecule has 1 aromatic heterocycles. The summed E-state index contributed by atoms with van der Waals surface area (Å²) in [6.07, 6.45) is 0. The van der Waals surface area contributed by atoms with E-state index in [0.717, 1.165) is 0 Å². The molecule has 0 aliphatic carbocycles. The standard InChI is InChI=1S/C8H14N4O2S/c1-5-8(6(2)11-10-5)15(13,14)12-7-3-9-4-7/h7,9,12H,3-4H2,1-2H3,(H,10,11). The number of sulfonamides is 1. The highest BCUT2D eigenvalue weighted by Gasteiger charge is 2.27. The topological polar surface area (TPSA) is 86.9 Å². The lowest BCUT2D eigenvalue weighted by atomic mass is 10.2. The maximum absolute atomic E-state index is 11.9. The highest BCUT2D eigenvalue weighted by Crippen LogP contribution is 2.16. The molecule has 0 radical (unpaired) electrons. The first-order chi connectivity index (χ1) is 7.00. The van der Waals surface area contributed by atoms with Gasteiger partial charge in [-0.1, -0.05) is 0 Å². The highest BCUT2D eigenvalue weighted by molar-refractivity contribution is 7.89. The van der Waals surface area contributed by atoms with E-state index >= 15 is 0 Å². The Labute approximate surface area is 88.5 Å². The van der Waals surface area contributed by atoms with Crippen molar-refractivity contribution in [1.29, 1.82) is 0 Å². The van der Waals surface area contributed by atoms with Gasteiger partial charge in [-0.15, -0.1) is 0 Å². The van der Waals surface area contributed by atoms with Gasteiger partial charge in [0, 0.05) is 19.1 Å². The maximum atomic E-state index is 11.9. The van der Waals surface area contributed by atoms with Crippen LogP contribution in [0.3, 0.4) is 0 Å². The van der Waals surface area contributed by atoms with E-state index in [9.17, 15) is 8.42 Å². The Bertz CT molecular complexity index is 441. The Morgan fingerprint density at radius 1 is 1.40 bits per heavy atom. The molecule has 2 rings (SSSR count). The summed E-state index contributed by atoms with van der Waals surface area (Å²) in [6.45, 7) is 4.76. The zero-order valence-electron chi connectivity index (χ0n) is 8.66. The molecule has 0 atom stereocenters. The second-order valence-electron chi connectivity index (χ2n) is 3.74. The fraction of sp³-hybridized carbons (Fsp3) is 0.625. The predicted octanol–water partition coefficient (Wildman–Crippen LogP) is -0.723. The van der Waals surface area contributed by atoms with E-state index in [-0.39, 0.29) is 10.9 Å². The van der Waals surface area contributed by atoms with Crippen LogP contribution in [0.5, 0.6) is 0 Å². The van der Waals surface area contributed by atoms with Crippen molar-refractivity contribution in [3.63, 3.8) is 0 Å². The molecule has 0 saturated carbocycles. The Morgan fingerprint density at radius 2 is 2.07 bits per heavy atom. The molecule has 6 nitrogen and oxygen atoms in total. The molecule has 3 N–H and O–H groups in total. The molecule has 0 unspecified atom stereocenters. The van der Waals surface area contributed by atoms with E-state index in [2.05, 4.69) is 20.2 Å². The van der Waals surface area contributed by atoms with Gasteiger partial charge < -0.3 is 5.32 Å². The molecule has 2 heterocycles. The quantitative estimate of drug-likeness (QED) is 0.639. The molecular weight excluding hydrogens is 216 g/mol. The number of aromatic nitrogens is 2. The van der Waals surface area contributed by atoms with Gasteiger partial charge >= 0.3 is 0 Å². The molecule has 1 aromatic rings. The summed E-state index contributed by atoms with van der Waals surface area (Å²) >= 11 is 0. The summed E-state index contributed by atoms with van der Waals surface area (Å²) in [5, 5.41) is 9.55. The first-order valence-electron chi connectivity index (χ1n) is 4.75. The zero-order chi connectivity index (χ0) is 11.1. The molecular formula is C8H14N4O2S. The van der Waals surface area contributed by atoms with Crippen LogP contribution in [0.15, 0.2) is 4.90 Å². The molecule has 0 spiro atoms. The third kappa shape index (κ3) is 1.90. The van der Waals surface area contributed by atoms with Crippen molar-refractivity contribution in [2.45, 2.75) is 24.8 Å². The molecule has 1 aliphatic heterocycles. The van der Waals surface area contributed by atoms with Gasteiger partial charge in [-0.2, -0.15) is 5.10 Å². The van der Waals surface area contributed by atoms with Crippen molar-refractivity contribution < 1.29 is 8.42 Å². The Morgan fingerprint density at radius 3 is 2.47 bits per heavy atom. The fourth-order valence-corrected chi connectivity index (χ4v) is 3.19. The van der Waals surface area contributed by atoms with Crippen molar-refractivity contribution in [1.82, 2.24) is 20.2 Å². The van der Waals surface area contributed by atoms with Gasteiger partial charge in [-0.25, -0.2) is 13.1 Å². The number of hydrogen-bond acceptors (Lipinski definition) is 4. The Balaban J connectivity index is 2.28. The molecule has 1 fully saturated rings. The van der Waals surface area contributed by atoms with Gasteiger partial charge in [0.25, 0.3) is 0 Å². The monoisotopic (exact) mass is 230 g/mol. The van der Waals surface area contributed by atoms with Crippen LogP contribution in [0.4, 0.5) is 0 Å². The van der Waals surface area contributed by atoms with Gasteiger partial charge in [0.15, 0.2) is 0 Å². The third-order valence-corrected chi connectivity index (χ3v) is 4.22. The van der Waals surface area contributed by atoms with E-state index in [1.54, 1.807) is 13.8 Å². The normalized spacial score (nSPS) is 17.7. The Kier molecular flexibility index (Phi) is 2.53. The number of nitrogens with one attached hydrogen (secondary N) is 3. The minimum absolute atomic E-state index is 0.00343. The predicted molar refractivity (Wildman–Crippen MR) is 55.0 cm³/mol. The van der Waals surface area contributed by atoms with E-state index in [1.165, 1.54) is 0 Å². The van der Waals surface area contributed by atoms with Crippen LogP contribution in [0, 0.1) is 13.8 Å². The van der Waals surface area contributed by atoms with Gasteiger partial charge in [-0.3, -0.25) is 5.10 Å². The minimum atomic E-state index is -3.42. The van der Waals surface area contributed by atoms with Crippen LogP contribution in [0.2, 0.25) is 0 Å². The molecule has 0 aromatic carbocycles. The number of hydrogen-bond donors (Lipinski definition) is 3. The second kappa shape index (κ2) is 3.58. The summed E-state index contributed by atoms with van der Waals surface area (Å²) in [6, 6.07) is 0.00343. The number of H-pyrrole nitrogens is 1. The summed E-state index contributed by atoms with van der Waals surface area (Å²) < 4.78 is 26.5. The number of aromatic amines is 1. The molecule has 1 saturated heterocycles. The van der Waals surface area contributed by atoms with Crippen molar-refractivity contribution in [3.8, 4) is 0 Å². The van der Waals surface area contributed by atoms with Crippen LogP contribution in [0.25, 0.3) is 0 Å². The summed E-state index contributed by atoms with van der Waals surface area (Å²) in [5.74, 6) is 0. The Hall–Kier alpha value is -0.920. The van der Waals surface area contributed by atoms with Crippen LogP contribution < -0.4 is 10.0 Å². The first-order valence-corrected chi connectivity index (χ1v) is 6.23. The minimum Gasteiger partial charge on any atom is -0.313 e. The fourth-order valence-electron chi connectivity index (χ4n) is 1.59. The zero-order valence-corrected chi connectivity index (χ0v) is 9.48. The van der Waals surface area contributed by atoms with Crippen LogP contribution in [0.1, 0.15) is 11.4 Å². The van der Waals surface area contributed by atoms with Gasteiger partial charge in [0.1, 0.15) is 4.90 Å². The number of nitrogens with zero attached hydrogens (tertiary/aromatic N) is 1. The van der Waals surface area contributed by atoms with E-state index in [0.29, 0.717) is 24.5 Å². The largest absolute Gasteiger partial charge is 0.313 e. The number of rotatable bonds is 3. The molecule has 15 heavy (non-hydrogen) atoms. The van der Waals surface area contributed by atoms with Crippen LogP contribution >= 0.6 is 0 Å². The molecule has 84 valence electrons. The third-order valence-electron chi connectivity index (χ3n) is 2.43. The SMILES string of the molecule is Cc1n[nH]c(C)c1S(=O)(=O)NC1CNC1. The molecule has 0 bridgehead atoms. The smallest absolute Gasteiger partial charge is 0.244 e. The molecule has 1 aliphatic rings. The van der Waals surface area contributed by atoms with Gasteiger partial charge in [0.2, 0.25) is 10.0 Å². The molecule has 7 heteroatoms. The first kappa shape index (κ1) is 10.6. The van der Waals surface area contributed by atoms with Crippen molar-refractivity contribution in [2.75, 3.05) is 13.1 Å². The lowest BCUT2D eigenvalue weighted by molar-refractivity contribution is 0.410. The van der Waals surface area contributed by atoms with E-state index in [4.69, 9.17) is 0 Å². The maximum Gasteiger partial charge on any atom is 0.244 e. The van der Waals surface area contributed by atoms with Gasteiger partial charge in [-0.05, 0) is 13.8 Å². The highest BCUT2D eigenvalue weighted by atomic mass is 32.2. The van der Waals surface area contributed by atoms with E-state index < -0.39 is 10.0 Å². The second-order valence-corrected chi connectivity index (χ2v) is 5.39. The average molecular weight is 230 g/mol. The van der Waals surface area contributed by atoms with Crippen LogP contribution in [-0.4, -0.2) is 37.7 Å². The summed E-state index contributed by atoms with van der Waals surface area (Å²) in [7, 11) is -3.42. The van der Waals surface area contributed by atoms with Gasteiger partial charge in [0.05, 0.1) is 11.4 Å². The number of aryl methyl sites for hydroxylation is 2. The average Bonchev–Trinajstić information content (AvgIpc) is 2.40. The van der Waals surface area contributed by atoms with E-state index in [1.807, 2.05) is 0 Å². The van der Waals surface area contributed by atoms with Crippen LogP contribution in [-0.2, 0) is 10.0 Å². The summed E-state index contributed by atoms with van der Waals surface area (Å²) in [4.78, 5) is 0.273. The van der Waals surface area contributed by atoms with Crippen molar-refractivity contribution in [3.05, 3.63) is 11.4 Å². The lowest BCUT2D eigenvalue weighted by Crippen LogP contribution is -2.56. The molecule has 0 amide bonds. The lowest BCUT2D eigenvalue weighted by Gasteiger charge is -2.27. The van der Waals surface area contributed by atoms with Crippen molar-refractivity contribution in [2.24, 2.45) is 0 Å². The summed E-state index contributed by atoms with van der Waals surface area (Å²) in [5.41, 5.74) is 1.08.